The van der Waals surface area contributed by atoms with Crippen molar-refractivity contribution in [2.24, 2.45) is 11.8 Å². The summed E-state index contributed by atoms with van der Waals surface area (Å²) in [4.78, 5) is 24.9. The average molecular weight is 354 g/mol. The van der Waals surface area contributed by atoms with Gasteiger partial charge >= 0.3 is 0 Å². The molecule has 1 aliphatic heterocycles. The number of alkyl halides is 1. The summed E-state index contributed by atoms with van der Waals surface area (Å²) in [5.74, 6) is -1.05. The van der Waals surface area contributed by atoms with Crippen molar-refractivity contribution >= 4 is 27.7 Å². The van der Waals surface area contributed by atoms with Gasteiger partial charge in [-0.1, -0.05) is 64.5 Å². The third-order valence-electron chi connectivity index (χ3n) is 5.35. The van der Waals surface area contributed by atoms with Crippen molar-refractivity contribution in [1.82, 2.24) is 5.32 Å². The van der Waals surface area contributed by atoms with E-state index in [2.05, 4.69) is 45.5 Å². The molecule has 0 radical (unpaired) electrons. The summed E-state index contributed by atoms with van der Waals surface area (Å²) in [6.07, 6.45) is 0. The van der Waals surface area contributed by atoms with Crippen molar-refractivity contribution in [3.05, 3.63) is 70.8 Å². The summed E-state index contributed by atoms with van der Waals surface area (Å²) in [5, 5.41) is 2.55. The van der Waals surface area contributed by atoms with Gasteiger partial charge in [-0.05, 0) is 22.3 Å². The van der Waals surface area contributed by atoms with Gasteiger partial charge in [0.1, 0.15) is 0 Å². The van der Waals surface area contributed by atoms with Crippen LogP contribution in [0.15, 0.2) is 48.5 Å². The molecule has 2 atom stereocenters. The molecule has 2 amide bonds. The maximum atomic E-state index is 12.5. The van der Waals surface area contributed by atoms with Gasteiger partial charge in [0.15, 0.2) is 0 Å². The van der Waals surface area contributed by atoms with Gasteiger partial charge in [0.2, 0.25) is 11.8 Å². The summed E-state index contributed by atoms with van der Waals surface area (Å²) in [7, 11) is 0. The minimum Gasteiger partial charge on any atom is -0.296 e. The van der Waals surface area contributed by atoms with Gasteiger partial charge in [0.05, 0.1) is 16.2 Å². The summed E-state index contributed by atoms with van der Waals surface area (Å²) in [6, 6.07) is 16.3. The standard InChI is InChI=1S/C18H12BrNO2/c19-18-11-7-3-1-5-9(11)13(10-6-2-4-8-12(10)18)14-15(18)17(22)20-16(14)21/h1-8,13-15H,(H,20,21,22)/t13?,14-,15+,18?/m1/s1. The van der Waals surface area contributed by atoms with E-state index in [-0.39, 0.29) is 29.6 Å². The zero-order valence-electron chi connectivity index (χ0n) is 11.5. The zero-order valence-corrected chi connectivity index (χ0v) is 13.1. The molecule has 1 fully saturated rings. The van der Waals surface area contributed by atoms with E-state index in [0.29, 0.717) is 0 Å². The fourth-order valence-electron chi connectivity index (χ4n) is 4.60. The lowest BCUT2D eigenvalue weighted by Gasteiger charge is -2.51. The molecular weight excluding hydrogens is 342 g/mol. The number of benzene rings is 2. The summed E-state index contributed by atoms with van der Waals surface area (Å²) >= 11 is 3.89. The maximum Gasteiger partial charge on any atom is 0.232 e. The number of halogens is 1. The monoisotopic (exact) mass is 353 g/mol. The summed E-state index contributed by atoms with van der Waals surface area (Å²) in [5.41, 5.74) is 4.54. The van der Waals surface area contributed by atoms with Crippen molar-refractivity contribution in [1.29, 1.82) is 0 Å². The molecule has 4 aliphatic rings. The van der Waals surface area contributed by atoms with Crippen molar-refractivity contribution in [3.8, 4) is 0 Å². The van der Waals surface area contributed by atoms with E-state index in [0.717, 1.165) is 22.3 Å². The molecule has 2 bridgehead atoms. The number of hydrogen-bond donors (Lipinski definition) is 1. The number of carbonyl (C=O) groups is 2. The van der Waals surface area contributed by atoms with Crippen LogP contribution in [-0.4, -0.2) is 11.8 Å². The molecule has 1 heterocycles. The Morgan fingerprint density at radius 2 is 1.41 bits per heavy atom. The molecule has 2 aromatic rings. The molecule has 22 heavy (non-hydrogen) atoms. The molecule has 4 heteroatoms. The molecule has 0 aromatic heterocycles. The topological polar surface area (TPSA) is 46.2 Å². The number of rotatable bonds is 0. The van der Waals surface area contributed by atoms with E-state index in [9.17, 15) is 9.59 Å². The van der Waals surface area contributed by atoms with Crippen molar-refractivity contribution in [2.75, 3.05) is 0 Å². The molecule has 3 nitrogen and oxygen atoms in total. The van der Waals surface area contributed by atoms with Crippen LogP contribution >= 0.6 is 15.9 Å². The Morgan fingerprint density at radius 3 is 2.00 bits per heavy atom. The van der Waals surface area contributed by atoms with Crippen LogP contribution < -0.4 is 5.32 Å². The fourth-order valence-corrected chi connectivity index (χ4v) is 5.82. The van der Waals surface area contributed by atoms with Gasteiger partial charge < -0.3 is 0 Å². The Labute approximate surface area is 135 Å². The molecule has 0 unspecified atom stereocenters. The minimum absolute atomic E-state index is 0.0386. The highest BCUT2D eigenvalue weighted by Gasteiger charge is 2.65. The average Bonchev–Trinajstić information content (AvgIpc) is 2.84. The minimum atomic E-state index is -0.615. The first-order valence-corrected chi connectivity index (χ1v) is 8.15. The number of amides is 2. The van der Waals surface area contributed by atoms with Gasteiger partial charge in [-0.15, -0.1) is 0 Å². The highest BCUT2D eigenvalue weighted by molar-refractivity contribution is 9.09. The summed E-state index contributed by atoms with van der Waals surface area (Å²) in [6.45, 7) is 0. The Balaban J connectivity index is 1.94. The van der Waals surface area contributed by atoms with E-state index in [4.69, 9.17) is 0 Å². The lowest BCUT2D eigenvalue weighted by Crippen LogP contribution is -2.50. The normalized spacial score (nSPS) is 34.0. The van der Waals surface area contributed by atoms with Crippen LogP contribution in [0.4, 0.5) is 0 Å². The van der Waals surface area contributed by atoms with Gasteiger partial charge in [0.25, 0.3) is 0 Å². The number of carbonyl (C=O) groups excluding carboxylic acids is 2. The first-order valence-electron chi connectivity index (χ1n) is 7.36. The highest BCUT2D eigenvalue weighted by atomic mass is 79.9. The molecule has 0 spiro atoms. The quantitative estimate of drug-likeness (QED) is 0.584. The van der Waals surface area contributed by atoms with E-state index < -0.39 is 4.32 Å². The van der Waals surface area contributed by atoms with Crippen LogP contribution in [0.5, 0.6) is 0 Å². The molecule has 0 saturated carbocycles. The second-order valence-electron chi connectivity index (χ2n) is 6.22. The van der Waals surface area contributed by atoms with E-state index in [1.807, 2.05) is 24.3 Å². The van der Waals surface area contributed by atoms with E-state index >= 15 is 0 Å². The molecule has 1 saturated heterocycles. The van der Waals surface area contributed by atoms with Gasteiger partial charge in [-0.25, -0.2) is 0 Å². The van der Waals surface area contributed by atoms with Crippen molar-refractivity contribution < 1.29 is 9.59 Å². The van der Waals surface area contributed by atoms with Gasteiger partial charge in [-0.3, -0.25) is 14.9 Å². The van der Waals surface area contributed by atoms with Crippen LogP contribution in [-0.2, 0) is 13.9 Å². The Bertz CT molecular complexity index is 812. The fraction of sp³-hybridized carbons (Fsp3) is 0.222. The molecule has 108 valence electrons. The number of imide groups is 1. The van der Waals surface area contributed by atoms with Crippen LogP contribution in [0, 0.1) is 11.8 Å². The van der Waals surface area contributed by atoms with Crippen molar-refractivity contribution in [2.45, 2.75) is 10.2 Å². The second kappa shape index (κ2) is 3.87. The maximum absolute atomic E-state index is 12.5. The first-order chi connectivity index (χ1) is 10.6. The SMILES string of the molecule is O=C1NC(=O)[C@@H]2[C@H]1C1c3ccccc3C2(Br)c2ccccc21. The zero-order chi connectivity index (χ0) is 15.1. The smallest absolute Gasteiger partial charge is 0.232 e. The third-order valence-corrected chi connectivity index (χ3v) is 6.70. The van der Waals surface area contributed by atoms with E-state index in [1.54, 1.807) is 0 Å². The molecule has 3 aliphatic carbocycles. The molecule has 6 rings (SSSR count). The van der Waals surface area contributed by atoms with E-state index in [1.165, 1.54) is 0 Å². The number of hydrogen-bond acceptors (Lipinski definition) is 2. The highest BCUT2D eigenvalue weighted by Crippen LogP contribution is 2.65. The van der Waals surface area contributed by atoms with Crippen LogP contribution in [0.2, 0.25) is 0 Å². The third kappa shape index (κ3) is 1.20. The number of nitrogens with one attached hydrogen (secondary N) is 1. The molecule has 2 aromatic carbocycles. The Hall–Kier alpha value is -1.94. The lowest BCUT2D eigenvalue weighted by atomic mass is 9.55. The predicted octanol–water partition coefficient (Wildman–Crippen LogP) is 2.67. The van der Waals surface area contributed by atoms with Crippen LogP contribution in [0.25, 0.3) is 0 Å². The predicted molar refractivity (Wildman–Crippen MR) is 84.6 cm³/mol. The van der Waals surface area contributed by atoms with Crippen molar-refractivity contribution in [3.63, 3.8) is 0 Å². The van der Waals surface area contributed by atoms with Gasteiger partial charge in [-0.2, -0.15) is 0 Å². The lowest BCUT2D eigenvalue weighted by molar-refractivity contribution is -0.126. The second-order valence-corrected chi connectivity index (χ2v) is 7.47. The largest absolute Gasteiger partial charge is 0.296 e. The van der Waals surface area contributed by atoms with Crippen LogP contribution in [0.1, 0.15) is 28.2 Å². The Kier molecular flexibility index (Phi) is 2.22. The summed E-state index contributed by atoms with van der Waals surface area (Å²) < 4.78 is -0.615. The first kappa shape index (κ1) is 12.6. The molecule has 1 N–H and O–H groups in total. The van der Waals surface area contributed by atoms with Crippen LogP contribution in [0.3, 0.4) is 0 Å². The molecular formula is C18H12BrNO2. The van der Waals surface area contributed by atoms with Gasteiger partial charge in [0, 0.05) is 5.92 Å². The Morgan fingerprint density at radius 1 is 0.864 bits per heavy atom.